The number of aliphatic hydroxyl groups is 1. The van der Waals surface area contributed by atoms with Gasteiger partial charge >= 0.3 is 0 Å². The molecule has 0 bridgehead atoms. The van der Waals surface area contributed by atoms with Gasteiger partial charge in [0.05, 0.1) is 6.10 Å². The van der Waals surface area contributed by atoms with E-state index in [-0.39, 0.29) is 12.0 Å². The van der Waals surface area contributed by atoms with Gasteiger partial charge in [0.15, 0.2) is 0 Å². The highest BCUT2D eigenvalue weighted by molar-refractivity contribution is 5.76. The van der Waals surface area contributed by atoms with Crippen molar-refractivity contribution >= 4 is 5.91 Å². The fourth-order valence-corrected chi connectivity index (χ4v) is 1.34. The standard InChI is InChI=1S/C8H15NO2/c1-2-3-8(11)9-5-4-7(10)6-9/h7,10H,2-6H2,1H3/t7-/m1/s1. The normalized spacial score (nSPS) is 24.2. The molecule has 0 radical (unpaired) electrons. The van der Waals surface area contributed by atoms with Gasteiger partial charge in [0.25, 0.3) is 0 Å². The van der Waals surface area contributed by atoms with Crippen LogP contribution in [0.5, 0.6) is 0 Å². The lowest BCUT2D eigenvalue weighted by atomic mass is 10.3. The lowest BCUT2D eigenvalue weighted by Crippen LogP contribution is -2.29. The van der Waals surface area contributed by atoms with Gasteiger partial charge in [-0.25, -0.2) is 0 Å². The molecule has 0 aliphatic carbocycles. The lowest BCUT2D eigenvalue weighted by Gasteiger charge is -2.14. The number of rotatable bonds is 2. The Morgan fingerprint density at radius 1 is 1.73 bits per heavy atom. The van der Waals surface area contributed by atoms with Crippen molar-refractivity contribution in [2.75, 3.05) is 13.1 Å². The Hall–Kier alpha value is -0.570. The van der Waals surface area contributed by atoms with E-state index in [2.05, 4.69) is 0 Å². The number of hydrogen-bond acceptors (Lipinski definition) is 2. The molecule has 1 amide bonds. The predicted molar refractivity (Wildman–Crippen MR) is 42.1 cm³/mol. The molecule has 1 aliphatic heterocycles. The van der Waals surface area contributed by atoms with Crippen molar-refractivity contribution in [3.8, 4) is 0 Å². The van der Waals surface area contributed by atoms with Crippen LogP contribution in [0.1, 0.15) is 26.2 Å². The van der Waals surface area contributed by atoms with Crippen LogP contribution in [0.25, 0.3) is 0 Å². The molecular formula is C8H15NO2. The van der Waals surface area contributed by atoms with Crippen LogP contribution in [0.2, 0.25) is 0 Å². The molecule has 0 unspecified atom stereocenters. The smallest absolute Gasteiger partial charge is 0.222 e. The van der Waals surface area contributed by atoms with Gasteiger partial charge in [-0.15, -0.1) is 0 Å². The molecule has 0 aromatic carbocycles. The van der Waals surface area contributed by atoms with Gasteiger partial charge < -0.3 is 10.0 Å². The fraction of sp³-hybridized carbons (Fsp3) is 0.875. The molecule has 0 spiro atoms. The van der Waals surface area contributed by atoms with Crippen LogP contribution in [0.3, 0.4) is 0 Å². The molecule has 64 valence electrons. The first-order valence-electron chi connectivity index (χ1n) is 4.20. The molecule has 0 aromatic rings. The van der Waals surface area contributed by atoms with Crippen molar-refractivity contribution in [1.29, 1.82) is 0 Å². The number of hydrogen-bond donors (Lipinski definition) is 1. The Balaban J connectivity index is 2.31. The van der Waals surface area contributed by atoms with E-state index in [1.807, 2.05) is 6.92 Å². The summed E-state index contributed by atoms with van der Waals surface area (Å²) in [5, 5.41) is 9.12. The van der Waals surface area contributed by atoms with E-state index in [0.717, 1.165) is 19.4 Å². The van der Waals surface area contributed by atoms with Crippen molar-refractivity contribution in [3.05, 3.63) is 0 Å². The molecular weight excluding hydrogens is 142 g/mol. The number of β-amino-alcohol motifs (C(OH)–C–C–N with tert-alkyl or cyclic N) is 1. The Bertz CT molecular complexity index is 147. The summed E-state index contributed by atoms with van der Waals surface area (Å²) in [5.74, 6) is 0.184. The van der Waals surface area contributed by atoms with Gasteiger partial charge in [0.1, 0.15) is 0 Å². The number of carbonyl (C=O) groups is 1. The molecule has 1 fully saturated rings. The minimum Gasteiger partial charge on any atom is -0.391 e. The second-order valence-electron chi connectivity index (χ2n) is 3.03. The van der Waals surface area contributed by atoms with E-state index in [0.29, 0.717) is 13.0 Å². The van der Waals surface area contributed by atoms with Crippen molar-refractivity contribution in [3.63, 3.8) is 0 Å². The molecule has 1 N–H and O–H groups in total. The zero-order chi connectivity index (χ0) is 8.27. The maximum Gasteiger partial charge on any atom is 0.222 e. The largest absolute Gasteiger partial charge is 0.391 e. The minimum absolute atomic E-state index is 0.184. The third-order valence-corrected chi connectivity index (χ3v) is 1.98. The molecule has 1 rings (SSSR count). The highest BCUT2D eigenvalue weighted by atomic mass is 16.3. The van der Waals surface area contributed by atoms with Gasteiger partial charge in [0.2, 0.25) is 5.91 Å². The SMILES string of the molecule is CCCC(=O)N1CC[C@@H](O)C1. The summed E-state index contributed by atoms with van der Waals surface area (Å²) in [4.78, 5) is 12.9. The average Bonchev–Trinajstić information content (AvgIpc) is 2.36. The van der Waals surface area contributed by atoms with E-state index < -0.39 is 0 Å². The van der Waals surface area contributed by atoms with E-state index in [1.54, 1.807) is 4.90 Å². The number of aliphatic hydroxyl groups excluding tert-OH is 1. The zero-order valence-electron chi connectivity index (χ0n) is 6.92. The van der Waals surface area contributed by atoms with Gasteiger partial charge in [-0.05, 0) is 12.8 Å². The molecule has 1 heterocycles. The van der Waals surface area contributed by atoms with Crippen LogP contribution >= 0.6 is 0 Å². The second kappa shape index (κ2) is 3.72. The van der Waals surface area contributed by atoms with E-state index in [4.69, 9.17) is 5.11 Å². The zero-order valence-corrected chi connectivity index (χ0v) is 6.92. The van der Waals surface area contributed by atoms with Crippen LogP contribution in [-0.2, 0) is 4.79 Å². The topological polar surface area (TPSA) is 40.5 Å². The average molecular weight is 157 g/mol. The fourth-order valence-electron chi connectivity index (χ4n) is 1.34. The van der Waals surface area contributed by atoms with E-state index >= 15 is 0 Å². The third kappa shape index (κ3) is 2.19. The van der Waals surface area contributed by atoms with Crippen LogP contribution in [-0.4, -0.2) is 35.1 Å². The first kappa shape index (κ1) is 8.53. The van der Waals surface area contributed by atoms with E-state index in [1.165, 1.54) is 0 Å². The van der Waals surface area contributed by atoms with Crippen molar-refractivity contribution < 1.29 is 9.90 Å². The van der Waals surface area contributed by atoms with Crippen LogP contribution in [0.4, 0.5) is 0 Å². The molecule has 1 atom stereocenters. The second-order valence-corrected chi connectivity index (χ2v) is 3.03. The van der Waals surface area contributed by atoms with Crippen LogP contribution in [0.15, 0.2) is 0 Å². The molecule has 3 heteroatoms. The highest BCUT2D eigenvalue weighted by Crippen LogP contribution is 2.10. The predicted octanol–water partition coefficient (Wildman–Crippen LogP) is 0.380. The van der Waals surface area contributed by atoms with Crippen molar-refractivity contribution in [1.82, 2.24) is 4.90 Å². The van der Waals surface area contributed by atoms with Crippen LogP contribution < -0.4 is 0 Å². The Morgan fingerprint density at radius 3 is 2.91 bits per heavy atom. The van der Waals surface area contributed by atoms with Crippen molar-refractivity contribution in [2.45, 2.75) is 32.3 Å². The summed E-state index contributed by atoms with van der Waals surface area (Å²) in [5.41, 5.74) is 0. The summed E-state index contributed by atoms with van der Waals surface area (Å²) < 4.78 is 0. The van der Waals surface area contributed by atoms with E-state index in [9.17, 15) is 4.79 Å². The first-order chi connectivity index (χ1) is 5.24. The quantitative estimate of drug-likeness (QED) is 0.629. The monoisotopic (exact) mass is 157 g/mol. The maximum absolute atomic E-state index is 11.2. The minimum atomic E-state index is -0.282. The van der Waals surface area contributed by atoms with Gasteiger partial charge in [-0.1, -0.05) is 6.92 Å². The number of carbonyl (C=O) groups excluding carboxylic acids is 1. The van der Waals surface area contributed by atoms with Gasteiger partial charge in [-0.2, -0.15) is 0 Å². The Kier molecular flexibility index (Phi) is 2.88. The number of likely N-dealkylation sites (tertiary alicyclic amines) is 1. The molecule has 1 saturated heterocycles. The Labute approximate surface area is 67.0 Å². The summed E-state index contributed by atoms with van der Waals surface area (Å²) in [7, 11) is 0. The summed E-state index contributed by atoms with van der Waals surface area (Å²) in [6.45, 7) is 3.27. The first-order valence-corrected chi connectivity index (χ1v) is 4.20. The summed E-state index contributed by atoms with van der Waals surface area (Å²) in [6, 6.07) is 0. The highest BCUT2D eigenvalue weighted by Gasteiger charge is 2.23. The Morgan fingerprint density at radius 2 is 2.45 bits per heavy atom. The summed E-state index contributed by atoms with van der Waals surface area (Å²) in [6.07, 6.45) is 1.98. The molecule has 1 aliphatic rings. The maximum atomic E-state index is 11.2. The number of nitrogens with zero attached hydrogens (tertiary/aromatic N) is 1. The summed E-state index contributed by atoms with van der Waals surface area (Å²) >= 11 is 0. The lowest BCUT2D eigenvalue weighted by molar-refractivity contribution is -0.130. The molecule has 11 heavy (non-hydrogen) atoms. The third-order valence-electron chi connectivity index (χ3n) is 1.98. The molecule has 0 saturated carbocycles. The van der Waals surface area contributed by atoms with Gasteiger partial charge in [0, 0.05) is 19.5 Å². The molecule has 0 aromatic heterocycles. The number of amides is 1. The van der Waals surface area contributed by atoms with Gasteiger partial charge in [-0.3, -0.25) is 4.79 Å². The van der Waals surface area contributed by atoms with Crippen LogP contribution in [0, 0.1) is 0 Å². The molecule has 3 nitrogen and oxygen atoms in total. The van der Waals surface area contributed by atoms with Crippen molar-refractivity contribution in [2.24, 2.45) is 0 Å².